The van der Waals surface area contributed by atoms with Crippen molar-refractivity contribution in [3.05, 3.63) is 82.9 Å². The third-order valence-electron chi connectivity index (χ3n) is 5.25. The molecular weight excluding hydrogens is 476 g/mol. The largest absolute Gasteiger partial charge is 0.495 e. The molecule has 0 bridgehead atoms. The molecule has 0 saturated carbocycles. The van der Waals surface area contributed by atoms with E-state index in [1.165, 1.54) is 14.2 Å². The molecule has 180 valence electrons. The van der Waals surface area contributed by atoms with Gasteiger partial charge in [-0.05, 0) is 36.6 Å². The van der Waals surface area contributed by atoms with Crippen molar-refractivity contribution >= 4 is 33.2 Å². The minimum absolute atomic E-state index is 0.168. The first-order valence-corrected chi connectivity index (χ1v) is 12.5. The molecule has 0 fully saturated rings. The van der Waals surface area contributed by atoms with Crippen LogP contribution in [0.15, 0.2) is 71.6 Å². The van der Waals surface area contributed by atoms with Gasteiger partial charge in [0.15, 0.2) is 0 Å². The molecule has 3 rings (SSSR count). The Hall–Kier alpha value is -3.07. The summed E-state index contributed by atoms with van der Waals surface area (Å²) in [5.41, 5.74) is 2.17. The Balaban J connectivity index is 1.60. The molecule has 0 radical (unpaired) electrons. The van der Waals surface area contributed by atoms with Crippen LogP contribution in [0.2, 0.25) is 5.02 Å². The summed E-state index contributed by atoms with van der Waals surface area (Å²) < 4.78 is 38.6. The fourth-order valence-electron chi connectivity index (χ4n) is 3.37. The van der Waals surface area contributed by atoms with Crippen molar-refractivity contribution in [2.45, 2.75) is 30.7 Å². The zero-order valence-electron chi connectivity index (χ0n) is 19.2. The fourth-order valence-corrected chi connectivity index (χ4v) is 4.84. The summed E-state index contributed by atoms with van der Waals surface area (Å²) in [4.78, 5) is 12.6. The van der Waals surface area contributed by atoms with Gasteiger partial charge in [-0.25, -0.2) is 13.1 Å². The Labute approximate surface area is 205 Å². The Kier molecular flexibility index (Phi) is 8.55. The standard InChI is InChI=1S/C25H27ClN2O5S/c1-17(19-7-5-4-6-8-19)28-34(30,31)20-12-9-18(10-13-20)11-14-25(29)27-22-16-23(32-2)21(26)15-24(22)33-3/h4-10,12-13,15-17,28H,11,14H2,1-3H3,(H,27,29)/t17-/m1/s1. The number of carbonyl (C=O) groups is 1. The van der Waals surface area contributed by atoms with Gasteiger partial charge in [0.25, 0.3) is 0 Å². The van der Waals surface area contributed by atoms with E-state index in [1.807, 2.05) is 30.3 Å². The smallest absolute Gasteiger partial charge is 0.241 e. The van der Waals surface area contributed by atoms with Crippen molar-refractivity contribution in [1.82, 2.24) is 4.72 Å². The first-order valence-electron chi connectivity index (χ1n) is 10.6. The molecule has 0 heterocycles. The van der Waals surface area contributed by atoms with Gasteiger partial charge in [-0.1, -0.05) is 54.1 Å². The van der Waals surface area contributed by atoms with Crippen LogP contribution in [-0.2, 0) is 21.2 Å². The van der Waals surface area contributed by atoms with E-state index >= 15 is 0 Å². The van der Waals surface area contributed by atoms with Crippen LogP contribution in [0, 0.1) is 0 Å². The van der Waals surface area contributed by atoms with Crippen molar-refractivity contribution in [2.24, 2.45) is 0 Å². The summed E-state index contributed by atoms with van der Waals surface area (Å²) in [6, 6.07) is 18.7. The predicted octanol–water partition coefficient (Wildman–Crippen LogP) is 4.97. The van der Waals surface area contributed by atoms with Crippen molar-refractivity contribution in [1.29, 1.82) is 0 Å². The van der Waals surface area contributed by atoms with E-state index in [0.717, 1.165) is 11.1 Å². The van der Waals surface area contributed by atoms with Gasteiger partial charge in [-0.3, -0.25) is 4.79 Å². The second-order valence-electron chi connectivity index (χ2n) is 7.63. The number of amides is 1. The number of ether oxygens (including phenoxy) is 2. The molecule has 34 heavy (non-hydrogen) atoms. The average molecular weight is 503 g/mol. The molecule has 2 N–H and O–H groups in total. The number of sulfonamides is 1. The fraction of sp³-hybridized carbons (Fsp3) is 0.240. The molecule has 3 aromatic rings. The quantitative estimate of drug-likeness (QED) is 0.408. The van der Waals surface area contributed by atoms with Crippen LogP contribution in [0.3, 0.4) is 0 Å². The van der Waals surface area contributed by atoms with Crippen LogP contribution >= 0.6 is 11.6 Å². The Morgan fingerprint density at radius 2 is 1.62 bits per heavy atom. The first-order chi connectivity index (χ1) is 16.2. The minimum Gasteiger partial charge on any atom is -0.495 e. The molecule has 0 aliphatic carbocycles. The third kappa shape index (κ3) is 6.50. The molecule has 1 atom stereocenters. The van der Waals surface area contributed by atoms with Crippen LogP contribution in [0.25, 0.3) is 0 Å². The number of anilines is 1. The predicted molar refractivity (Wildman–Crippen MR) is 133 cm³/mol. The highest BCUT2D eigenvalue weighted by Crippen LogP contribution is 2.36. The Morgan fingerprint density at radius 3 is 2.24 bits per heavy atom. The van der Waals surface area contributed by atoms with Gasteiger partial charge in [0.05, 0.1) is 29.8 Å². The maximum absolute atomic E-state index is 12.7. The highest BCUT2D eigenvalue weighted by molar-refractivity contribution is 7.89. The summed E-state index contributed by atoms with van der Waals surface area (Å²) in [6.07, 6.45) is 0.635. The second-order valence-corrected chi connectivity index (χ2v) is 9.75. The lowest BCUT2D eigenvalue weighted by atomic mass is 10.1. The molecule has 0 aliphatic rings. The second kappa shape index (κ2) is 11.4. The first kappa shape index (κ1) is 25.6. The van der Waals surface area contributed by atoms with E-state index in [9.17, 15) is 13.2 Å². The van der Waals surface area contributed by atoms with Gasteiger partial charge in [0, 0.05) is 24.6 Å². The van der Waals surface area contributed by atoms with Crippen LogP contribution in [-0.4, -0.2) is 28.5 Å². The number of aryl methyl sites for hydroxylation is 1. The number of nitrogens with one attached hydrogen (secondary N) is 2. The van der Waals surface area contributed by atoms with Gasteiger partial charge in [0.1, 0.15) is 11.5 Å². The summed E-state index contributed by atoms with van der Waals surface area (Å²) in [7, 11) is -0.708. The molecule has 7 nitrogen and oxygen atoms in total. The molecule has 9 heteroatoms. The number of hydrogen-bond acceptors (Lipinski definition) is 5. The highest BCUT2D eigenvalue weighted by Gasteiger charge is 2.18. The number of benzene rings is 3. The molecular formula is C25H27ClN2O5S. The highest BCUT2D eigenvalue weighted by atomic mass is 35.5. The normalized spacial score (nSPS) is 12.1. The lowest BCUT2D eigenvalue weighted by Crippen LogP contribution is -2.26. The molecule has 0 unspecified atom stereocenters. The molecule has 0 aliphatic heterocycles. The van der Waals surface area contributed by atoms with Crippen molar-refractivity contribution in [2.75, 3.05) is 19.5 Å². The van der Waals surface area contributed by atoms with Crippen LogP contribution in [0.1, 0.15) is 30.5 Å². The topological polar surface area (TPSA) is 93.7 Å². The van der Waals surface area contributed by atoms with Gasteiger partial charge in [-0.15, -0.1) is 0 Å². The average Bonchev–Trinajstić information content (AvgIpc) is 2.84. The minimum atomic E-state index is -3.68. The monoisotopic (exact) mass is 502 g/mol. The third-order valence-corrected chi connectivity index (χ3v) is 7.11. The maximum Gasteiger partial charge on any atom is 0.241 e. The molecule has 0 saturated heterocycles. The van der Waals surface area contributed by atoms with E-state index in [-0.39, 0.29) is 23.3 Å². The number of rotatable bonds is 10. The summed E-state index contributed by atoms with van der Waals surface area (Å²) in [5.74, 6) is 0.619. The van der Waals surface area contributed by atoms with Crippen LogP contribution in [0.5, 0.6) is 11.5 Å². The molecule has 3 aromatic carbocycles. The molecule has 0 aromatic heterocycles. The number of methoxy groups -OCH3 is 2. The van der Waals surface area contributed by atoms with Crippen molar-refractivity contribution < 1.29 is 22.7 Å². The zero-order chi connectivity index (χ0) is 24.7. The Morgan fingerprint density at radius 1 is 0.971 bits per heavy atom. The van der Waals surface area contributed by atoms with E-state index in [4.69, 9.17) is 21.1 Å². The van der Waals surface area contributed by atoms with E-state index < -0.39 is 10.0 Å². The Bertz CT molecular complexity index is 1230. The maximum atomic E-state index is 12.7. The molecule has 0 spiro atoms. The lowest BCUT2D eigenvalue weighted by molar-refractivity contribution is -0.116. The van der Waals surface area contributed by atoms with Crippen molar-refractivity contribution in [3.63, 3.8) is 0 Å². The zero-order valence-corrected chi connectivity index (χ0v) is 20.7. The number of halogens is 1. The summed E-state index contributed by atoms with van der Waals surface area (Å²) >= 11 is 6.10. The summed E-state index contributed by atoms with van der Waals surface area (Å²) in [6.45, 7) is 1.80. The van der Waals surface area contributed by atoms with E-state index in [2.05, 4.69) is 10.0 Å². The number of carbonyl (C=O) groups excluding carboxylic acids is 1. The van der Waals surface area contributed by atoms with Gasteiger partial charge < -0.3 is 14.8 Å². The van der Waals surface area contributed by atoms with Gasteiger partial charge in [0.2, 0.25) is 15.9 Å². The van der Waals surface area contributed by atoms with Crippen LogP contribution in [0.4, 0.5) is 5.69 Å². The lowest BCUT2D eigenvalue weighted by Gasteiger charge is -2.15. The van der Waals surface area contributed by atoms with E-state index in [1.54, 1.807) is 43.3 Å². The molecule has 1 amide bonds. The van der Waals surface area contributed by atoms with Crippen molar-refractivity contribution in [3.8, 4) is 11.5 Å². The number of hydrogen-bond donors (Lipinski definition) is 2. The van der Waals surface area contributed by atoms with Gasteiger partial charge >= 0.3 is 0 Å². The van der Waals surface area contributed by atoms with Gasteiger partial charge in [-0.2, -0.15) is 0 Å². The SMILES string of the molecule is COc1cc(NC(=O)CCc2ccc(S(=O)(=O)N[C@H](C)c3ccccc3)cc2)c(OC)cc1Cl. The van der Waals surface area contributed by atoms with Crippen LogP contribution < -0.4 is 19.5 Å². The summed E-state index contributed by atoms with van der Waals surface area (Å²) in [5, 5.41) is 3.17. The van der Waals surface area contributed by atoms with E-state index in [0.29, 0.717) is 28.6 Å².